The van der Waals surface area contributed by atoms with E-state index in [1.807, 2.05) is 13.8 Å². The third kappa shape index (κ3) is 7.42. The number of carbonyl (C=O) groups excluding carboxylic acids is 1. The Labute approximate surface area is 243 Å². The molecule has 218 valence electrons. The summed E-state index contributed by atoms with van der Waals surface area (Å²) in [5, 5.41) is 3.11. The molecule has 1 amide bonds. The summed E-state index contributed by atoms with van der Waals surface area (Å²) in [6.45, 7) is 2.69. The van der Waals surface area contributed by atoms with Gasteiger partial charge in [-0.3, -0.25) is 4.79 Å². The molecular weight excluding hydrogens is 572 g/mol. The largest absolute Gasteiger partial charge is 0.434 e. The van der Waals surface area contributed by atoms with Gasteiger partial charge in [0, 0.05) is 30.5 Å². The minimum Gasteiger partial charge on any atom is -0.434 e. The minimum absolute atomic E-state index is 0.0000416. The number of ether oxygens (including phenoxy) is 1. The molecule has 0 fully saturated rings. The number of nitrogens with zero attached hydrogens (tertiary/aromatic N) is 1. The number of carbonyl (C=O) groups is 1. The van der Waals surface area contributed by atoms with E-state index in [1.54, 1.807) is 54.6 Å². The molecule has 0 spiro atoms. The van der Waals surface area contributed by atoms with Gasteiger partial charge in [0.2, 0.25) is 5.91 Å². The van der Waals surface area contributed by atoms with Gasteiger partial charge in [-0.15, -0.1) is 0 Å². The van der Waals surface area contributed by atoms with Crippen LogP contribution in [0.25, 0.3) is 22.2 Å². The van der Waals surface area contributed by atoms with Crippen LogP contribution in [0.2, 0.25) is 5.02 Å². The Kier molecular flexibility index (Phi) is 9.65. The number of aromatic nitrogens is 2. The maximum absolute atomic E-state index is 13.0. The third-order valence-electron chi connectivity index (χ3n) is 6.96. The van der Waals surface area contributed by atoms with Crippen LogP contribution in [0.15, 0.2) is 65.6 Å². The van der Waals surface area contributed by atoms with Crippen LogP contribution in [0.1, 0.15) is 50.9 Å². The van der Waals surface area contributed by atoms with Gasteiger partial charge in [-0.1, -0.05) is 62.2 Å². The molecule has 1 heterocycles. The number of hydrogen-bond acceptors (Lipinski definition) is 5. The summed E-state index contributed by atoms with van der Waals surface area (Å²) in [6.07, 6.45) is 1.26. The van der Waals surface area contributed by atoms with Crippen LogP contribution >= 0.6 is 11.6 Å². The number of sulfone groups is 1. The molecule has 0 aliphatic heterocycles. The molecule has 0 saturated carbocycles. The van der Waals surface area contributed by atoms with E-state index in [9.17, 15) is 22.0 Å². The number of alkyl halides is 2. The zero-order valence-electron chi connectivity index (χ0n) is 23.0. The molecule has 0 aliphatic rings. The number of imidazole rings is 1. The fourth-order valence-corrected chi connectivity index (χ4v) is 6.65. The molecule has 7 nitrogen and oxygen atoms in total. The lowest BCUT2D eigenvalue weighted by Crippen LogP contribution is -2.23. The van der Waals surface area contributed by atoms with Crippen molar-refractivity contribution in [2.75, 3.05) is 12.3 Å². The van der Waals surface area contributed by atoms with Crippen LogP contribution in [0.4, 0.5) is 8.78 Å². The Balaban J connectivity index is 1.72. The van der Waals surface area contributed by atoms with Gasteiger partial charge in [0.1, 0.15) is 11.6 Å². The predicted octanol–water partition coefficient (Wildman–Crippen LogP) is 6.96. The van der Waals surface area contributed by atoms with Crippen molar-refractivity contribution >= 4 is 38.4 Å². The Bertz CT molecular complexity index is 1620. The van der Waals surface area contributed by atoms with Crippen LogP contribution in [-0.4, -0.2) is 43.2 Å². The Morgan fingerprint density at radius 3 is 2.46 bits per heavy atom. The van der Waals surface area contributed by atoms with Gasteiger partial charge in [0.05, 0.1) is 26.7 Å². The molecule has 4 aromatic rings. The van der Waals surface area contributed by atoms with Gasteiger partial charge >= 0.3 is 6.61 Å². The highest BCUT2D eigenvalue weighted by atomic mass is 35.5. The molecule has 41 heavy (non-hydrogen) atoms. The summed E-state index contributed by atoms with van der Waals surface area (Å²) in [7, 11) is -3.43. The molecule has 1 aromatic heterocycles. The molecule has 2 atom stereocenters. The summed E-state index contributed by atoms with van der Waals surface area (Å²) in [5.74, 6) is 0.239. The number of benzene rings is 3. The molecule has 11 heteroatoms. The molecule has 2 unspecified atom stereocenters. The van der Waals surface area contributed by atoms with E-state index in [2.05, 4.69) is 10.3 Å². The zero-order chi connectivity index (χ0) is 29.7. The molecule has 4 rings (SSSR count). The molecule has 0 radical (unpaired) electrons. The lowest BCUT2D eigenvalue weighted by molar-refractivity contribution is -0.118. The van der Waals surface area contributed by atoms with Crippen LogP contribution in [-0.2, 0) is 14.6 Å². The number of fused-ring (bicyclic) bond motifs is 1. The summed E-state index contributed by atoms with van der Waals surface area (Å²) >= 11 is 6.58. The second-order valence-corrected chi connectivity index (χ2v) is 12.5. The van der Waals surface area contributed by atoms with E-state index >= 15 is 0 Å². The van der Waals surface area contributed by atoms with E-state index in [1.165, 1.54) is 13.0 Å². The monoisotopic (exact) mass is 603 g/mol. The quantitative estimate of drug-likeness (QED) is 0.182. The highest BCUT2D eigenvalue weighted by Crippen LogP contribution is 2.38. The van der Waals surface area contributed by atoms with Gasteiger partial charge in [-0.2, -0.15) is 8.78 Å². The second kappa shape index (κ2) is 13.0. The van der Waals surface area contributed by atoms with E-state index < -0.39 is 16.4 Å². The molecule has 0 saturated heterocycles. The number of nitrogens with one attached hydrogen (secondary N) is 2. The average molecular weight is 604 g/mol. The van der Waals surface area contributed by atoms with Crippen molar-refractivity contribution in [2.24, 2.45) is 5.92 Å². The summed E-state index contributed by atoms with van der Waals surface area (Å²) in [5.41, 5.74) is 2.92. The SMILES string of the molecule is CCC(C)CS(=O)(=O)c1ccc(C(CCNC(C)=O)c2nc3cc(Cl)c(-c4ccccc4OC(F)F)cc3[nH]2)cc1. The van der Waals surface area contributed by atoms with E-state index in [0.29, 0.717) is 46.0 Å². The Morgan fingerprint density at radius 2 is 1.80 bits per heavy atom. The normalized spacial score (nSPS) is 13.3. The Morgan fingerprint density at radius 1 is 1.10 bits per heavy atom. The summed E-state index contributed by atoms with van der Waals surface area (Å²) < 4.78 is 56.4. The fourth-order valence-electron chi connectivity index (χ4n) is 4.66. The van der Waals surface area contributed by atoms with Crippen molar-refractivity contribution in [3.63, 3.8) is 0 Å². The van der Waals surface area contributed by atoms with Crippen LogP contribution in [0.3, 0.4) is 0 Å². The van der Waals surface area contributed by atoms with Crippen molar-refractivity contribution in [3.8, 4) is 16.9 Å². The first-order valence-electron chi connectivity index (χ1n) is 13.3. The lowest BCUT2D eigenvalue weighted by Gasteiger charge is -2.16. The third-order valence-corrected chi connectivity index (χ3v) is 9.27. The highest BCUT2D eigenvalue weighted by molar-refractivity contribution is 7.91. The van der Waals surface area contributed by atoms with E-state index in [4.69, 9.17) is 21.3 Å². The maximum Gasteiger partial charge on any atom is 0.387 e. The lowest BCUT2D eigenvalue weighted by atomic mass is 9.95. The fraction of sp³-hybridized carbons (Fsp3) is 0.333. The average Bonchev–Trinajstić information content (AvgIpc) is 3.32. The minimum atomic E-state index is -3.43. The number of aromatic amines is 1. The van der Waals surface area contributed by atoms with Crippen molar-refractivity contribution in [2.45, 2.75) is 51.0 Å². The van der Waals surface area contributed by atoms with Gasteiger partial charge in [0.25, 0.3) is 0 Å². The Hall–Kier alpha value is -3.50. The number of amides is 1. The summed E-state index contributed by atoms with van der Waals surface area (Å²) in [6, 6.07) is 16.5. The van der Waals surface area contributed by atoms with Crippen molar-refractivity contribution in [3.05, 3.63) is 77.1 Å². The first-order chi connectivity index (χ1) is 19.5. The van der Waals surface area contributed by atoms with Crippen LogP contribution in [0, 0.1) is 5.92 Å². The smallest absolute Gasteiger partial charge is 0.387 e. The standard InChI is InChI=1S/C30H32ClF2N3O4S/c1-4-18(2)17-41(38,39)21-11-9-20(10-12-21)22(13-14-34-19(3)37)29-35-26-15-24(25(31)16-27(26)36-29)23-7-5-6-8-28(23)40-30(32)33/h5-12,15-16,18,22,30H,4,13-14,17H2,1-3H3,(H,34,37)(H,35,36). The van der Waals surface area contributed by atoms with Gasteiger partial charge in [-0.25, -0.2) is 13.4 Å². The van der Waals surface area contributed by atoms with Gasteiger partial charge < -0.3 is 15.0 Å². The molecule has 3 aromatic carbocycles. The van der Waals surface area contributed by atoms with Crippen molar-refractivity contribution < 1.29 is 26.7 Å². The topological polar surface area (TPSA) is 101 Å². The van der Waals surface area contributed by atoms with Crippen LogP contribution < -0.4 is 10.1 Å². The molecular formula is C30H32ClF2N3O4S. The maximum atomic E-state index is 13.0. The molecule has 2 N–H and O–H groups in total. The van der Waals surface area contributed by atoms with E-state index in [-0.39, 0.29) is 34.1 Å². The number of halogens is 3. The van der Waals surface area contributed by atoms with E-state index in [0.717, 1.165) is 12.0 Å². The highest BCUT2D eigenvalue weighted by Gasteiger charge is 2.23. The number of hydrogen-bond donors (Lipinski definition) is 2. The number of para-hydroxylation sites is 1. The van der Waals surface area contributed by atoms with Crippen molar-refractivity contribution in [1.29, 1.82) is 0 Å². The zero-order valence-corrected chi connectivity index (χ0v) is 24.5. The first-order valence-corrected chi connectivity index (χ1v) is 15.3. The second-order valence-electron chi connectivity index (χ2n) is 10.0. The van der Waals surface area contributed by atoms with Crippen LogP contribution in [0.5, 0.6) is 5.75 Å². The number of rotatable bonds is 12. The van der Waals surface area contributed by atoms with Gasteiger partial charge in [-0.05, 0) is 48.2 Å². The molecule has 0 bridgehead atoms. The predicted molar refractivity (Wildman–Crippen MR) is 156 cm³/mol. The first kappa shape index (κ1) is 30.5. The molecule has 0 aliphatic carbocycles. The van der Waals surface area contributed by atoms with Crippen molar-refractivity contribution in [1.82, 2.24) is 15.3 Å². The number of H-pyrrole nitrogens is 1. The van der Waals surface area contributed by atoms with Gasteiger partial charge in [0.15, 0.2) is 9.84 Å². The summed E-state index contributed by atoms with van der Waals surface area (Å²) in [4.78, 5) is 19.9.